The molecule has 0 saturated heterocycles. The van der Waals surface area contributed by atoms with Gasteiger partial charge in [0, 0.05) is 11.1 Å². The third-order valence-corrected chi connectivity index (χ3v) is 4.62. The van der Waals surface area contributed by atoms with Crippen LogP contribution in [-0.2, 0) is 25.7 Å². The lowest BCUT2D eigenvalue weighted by molar-refractivity contribution is 0.103. The van der Waals surface area contributed by atoms with Crippen molar-refractivity contribution in [3.05, 3.63) is 57.6 Å². The van der Waals surface area contributed by atoms with Crippen molar-refractivity contribution < 1.29 is 15.0 Å². The number of ketones is 1. The Balaban J connectivity index is 2.64. The number of phenolic OH excluding ortho intramolecular Hbond substituents is 2. The van der Waals surface area contributed by atoms with E-state index in [-0.39, 0.29) is 17.3 Å². The van der Waals surface area contributed by atoms with Gasteiger partial charge in [-0.1, -0.05) is 27.7 Å². The molecule has 0 radical (unpaired) electrons. The Morgan fingerprint density at radius 3 is 1.29 bits per heavy atom. The highest BCUT2D eigenvalue weighted by Crippen LogP contribution is 2.29. The molecule has 0 aliphatic carbocycles. The van der Waals surface area contributed by atoms with Crippen molar-refractivity contribution in [1.29, 1.82) is 0 Å². The van der Waals surface area contributed by atoms with Gasteiger partial charge in [0.2, 0.25) is 0 Å². The topological polar surface area (TPSA) is 57.5 Å². The van der Waals surface area contributed by atoms with Gasteiger partial charge in [0.15, 0.2) is 5.78 Å². The molecule has 3 nitrogen and oxygen atoms in total. The summed E-state index contributed by atoms with van der Waals surface area (Å²) in [5, 5.41) is 20.1. The number of carbonyl (C=O) groups excluding carboxylic acids is 1. The molecular weight excluding hydrogens is 300 g/mol. The highest BCUT2D eigenvalue weighted by molar-refractivity contribution is 6.11. The van der Waals surface area contributed by atoms with Crippen molar-refractivity contribution >= 4 is 5.78 Å². The fourth-order valence-corrected chi connectivity index (χ4v) is 3.07. The number of hydrogen-bond acceptors (Lipinski definition) is 3. The molecule has 0 amide bonds. The molecule has 2 aromatic rings. The maximum Gasteiger partial charge on any atom is 0.193 e. The quantitative estimate of drug-likeness (QED) is 0.764. The standard InChI is InChI=1S/C21H26O3/c1-5-13-11-19(22)15(7-3)9-17(13)21(24)18-10-16(8-4)20(23)12-14(18)6-2/h9-12,22-23H,5-8H2,1-4H3. The lowest BCUT2D eigenvalue weighted by atomic mass is 9.89. The number of phenols is 2. The van der Waals surface area contributed by atoms with Crippen LogP contribution in [0, 0.1) is 0 Å². The van der Waals surface area contributed by atoms with E-state index < -0.39 is 0 Å². The van der Waals surface area contributed by atoms with Gasteiger partial charge < -0.3 is 10.2 Å². The second-order valence-electron chi connectivity index (χ2n) is 6.02. The first kappa shape index (κ1) is 18.1. The van der Waals surface area contributed by atoms with Gasteiger partial charge in [0.05, 0.1) is 0 Å². The van der Waals surface area contributed by atoms with Gasteiger partial charge >= 0.3 is 0 Å². The van der Waals surface area contributed by atoms with Crippen LogP contribution in [0.3, 0.4) is 0 Å². The Labute approximate surface area is 144 Å². The summed E-state index contributed by atoms with van der Waals surface area (Å²) in [4.78, 5) is 13.2. The average molecular weight is 326 g/mol. The molecule has 0 heterocycles. The molecule has 24 heavy (non-hydrogen) atoms. The zero-order valence-electron chi connectivity index (χ0n) is 14.9. The average Bonchev–Trinajstić information content (AvgIpc) is 2.60. The minimum atomic E-state index is -0.0342. The number of hydrogen-bond donors (Lipinski definition) is 2. The zero-order valence-corrected chi connectivity index (χ0v) is 14.9. The summed E-state index contributed by atoms with van der Waals surface area (Å²) >= 11 is 0. The summed E-state index contributed by atoms with van der Waals surface area (Å²) in [5.74, 6) is 0.469. The van der Waals surface area contributed by atoms with Gasteiger partial charge in [-0.05, 0) is 72.2 Å². The normalized spacial score (nSPS) is 10.8. The first-order valence-electron chi connectivity index (χ1n) is 8.70. The lowest BCUT2D eigenvalue weighted by Gasteiger charge is -2.15. The molecule has 0 spiro atoms. The third kappa shape index (κ3) is 3.30. The van der Waals surface area contributed by atoms with Crippen LogP contribution in [0.1, 0.15) is 65.9 Å². The summed E-state index contributed by atoms with van der Waals surface area (Å²) in [6, 6.07) is 7.04. The Hall–Kier alpha value is -2.29. The highest BCUT2D eigenvalue weighted by Gasteiger charge is 2.19. The number of rotatable bonds is 6. The van der Waals surface area contributed by atoms with Gasteiger partial charge in [-0.25, -0.2) is 0 Å². The second-order valence-corrected chi connectivity index (χ2v) is 6.02. The summed E-state index contributed by atoms with van der Waals surface area (Å²) in [6.07, 6.45) is 2.71. The number of aromatic hydroxyl groups is 2. The minimum absolute atomic E-state index is 0.0342. The van der Waals surface area contributed by atoms with Crippen LogP contribution in [0.25, 0.3) is 0 Å². The Bertz CT molecular complexity index is 697. The molecule has 0 unspecified atom stereocenters. The van der Waals surface area contributed by atoms with Crippen molar-refractivity contribution in [2.24, 2.45) is 0 Å². The molecule has 0 aliphatic rings. The largest absolute Gasteiger partial charge is 0.508 e. The Kier molecular flexibility index (Phi) is 5.66. The van der Waals surface area contributed by atoms with Crippen LogP contribution in [0.15, 0.2) is 24.3 Å². The smallest absolute Gasteiger partial charge is 0.193 e. The van der Waals surface area contributed by atoms with Gasteiger partial charge in [-0.2, -0.15) is 0 Å². The van der Waals surface area contributed by atoms with Crippen LogP contribution in [0.5, 0.6) is 11.5 Å². The zero-order chi connectivity index (χ0) is 17.9. The van der Waals surface area contributed by atoms with E-state index in [1.54, 1.807) is 12.1 Å². The minimum Gasteiger partial charge on any atom is -0.508 e. The van der Waals surface area contributed by atoms with E-state index in [0.717, 1.165) is 22.3 Å². The van der Waals surface area contributed by atoms with E-state index >= 15 is 0 Å². The van der Waals surface area contributed by atoms with Crippen molar-refractivity contribution in [3.63, 3.8) is 0 Å². The van der Waals surface area contributed by atoms with E-state index in [0.29, 0.717) is 36.8 Å². The Morgan fingerprint density at radius 1 is 0.667 bits per heavy atom. The molecular formula is C21H26O3. The van der Waals surface area contributed by atoms with E-state index in [4.69, 9.17) is 0 Å². The molecule has 2 N–H and O–H groups in total. The van der Waals surface area contributed by atoms with Gasteiger partial charge in [0.1, 0.15) is 11.5 Å². The lowest BCUT2D eigenvalue weighted by Crippen LogP contribution is -2.10. The molecule has 3 heteroatoms. The number of benzene rings is 2. The predicted molar refractivity (Wildman–Crippen MR) is 97.2 cm³/mol. The molecule has 0 atom stereocenters. The maximum atomic E-state index is 13.2. The summed E-state index contributed by atoms with van der Waals surface area (Å²) in [5.41, 5.74) is 4.56. The van der Waals surface area contributed by atoms with Crippen molar-refractivity contribution in [2.45, 2.75) is 53.4 Å². The van der Waals surface area contributed by atoms with Crippen molar-refractivity contribution in [1.82, 2.24) is 0 Å². The summed E-state index contributed by atoms with van der Waals surface area (Å²) < 4.78 is 0. The Morgan fingerprint density at radius 2 is 1.00 bits per heavy atom. The molecule has 0 bridgehead atoms. The fourth-order valence-electron chi connectivity index (χ4n) is 3.07. The van der Waals surface area contributed by atoms with E-state index in [1.807, 2.05) is 39.8 Å². The van der Waals surface area contributed by atoms with E-state index in [1.165, 1.54) is 0 Å². The first-order valence-corrected chi connectivity index (χ1v) is 8.70. The van der Waals surface area contributed by atoms with Crippen LogP contribution >= 0.6 is 0 Å². The molecule has 2 aromatic carbocycles. The third-order valence-electron chi connectivity index (χ3n) is 4.62. The van der Waals surface area contributed by atoms with Gasteiger partial charge in [-0.3, -0.25) is 4.79 Å². The SMILES string of the molecule is CCc1cc(C(=O)c2cc(CC)c(O)cc2CC)c(CC)cc1O. The maximum absolute atomic E-state index is 13.2. The summed E-state index contributed by atoms with van der Waals surface area (Å²) in [7, 11) is 0. The van der Waals surface area contributed by atoms with Gasteiger partial charge in [0.25, 0.3) is 0 Å². The van der Waals surface area contributed by atoms with Crippen molar-refractivity contribution in [2.75, 3.05) is 0 Å². The van der Waals surface area contributed by atoms with Crippen LogP contribution in [0.2, 0.25) is 0 Å². The molecule has 0 fully saturated rings. The van der Waals surface area contributed by atoms with Crippen LogP contribution in [0.4, 0.5) is 0 Å². The van der Waals surface area contributed by atoms with Crippen LogP contribution < -0.4 is 0 Å². The summed E-state index contributed by atoms with van der Waals surface area (Å²) in [6.45, 7) is 7.88. The molecule has 0 saturated carbocycles. The molecule has 0 aliphatic heterocycles. The second kappa shape index (κ2) is 7.52. The fraction of sp³-hybridized carbons (Fsp3) is 0.381. The van der Waals surface area contributed by atoms with Crippen molar-refractivity contribution in [3.8, 4) is 11.5 Å². The highest BCUT2D eigenvalue weighted by atomic mass is 16.3. The van der Waals surface area contributed by atoms with E-state index in [2.05, 4.69) is 0 Å². The molecule has 2 rings (SSSR count). The van der Waals surface area contributed by atoms with Crippen LogP contribution in [-0.4, -0.2) is 16.0 Å². The predicted octanol–water partition coefficient (Wildman–Crippen LogP) is 4.58. The monoisotopic (exact) mass is 326 g/mol. The van der Waals surface area contributed by atoms with E-state index in [9.17, 15) is 15.0 Å². The first-order chi connectivity index (χ1) is 11.5. The van der Waals surface area contributed by atoms with Gasteiger partial charge in [-0.15, -0.1) is 0 Å². The molecule has 0 aromatic heterocycles. The number of aryl methyl sites for hydroxylation is 4. The number of carbonyl (C=O) groups is 1. The molecule has 128 valence electrons.